The topological polar surface area (TPSA) is 65.9 Å². The zero-order valence-corrected chi connectivity index (χ0v) is 11.8. The van der Waals surface area contributed by atoms with Gasteiger partial charge in [-0.15, -0.1) is 11.3 Å². The van der Waals surface area contributed by atoms with E-state index in [1.165, 1.54) is 4.88 Å². The number of nitriles is 1. The molecule has 0 saturated heterocycles. The van der Waals surface area contributed by atoms with Gasteiger partial charge in [-0.25, -0.2) is 4.98 Å². The first-order valence-electron chi connectivity index (χ1n) is 6.06. The Morgan fingerprint density at radius 2 is 2.32 bits per heavy atom. The van der Waals surface area contributed by atoms with E-state index in [4.69, 9.17) is 11.0 Å². The van der Waals surface area contributed by atoms with Crippen molar-refractivity contribution in [1.29, 1.82) is 5.26 Å². The van der Waals surface area contributed by atoms with Crippen molar-refractivity contribution < 1.29 is 0 Å². The fraction of sp³-hybridized carbons (Fsp3) is 0.286. The predicted octanol–water partition coefficient (Wildman–Crippen LogP) is 3.01. The molecule has 0 aromatic carbocycles. The Labute approximate surface area is 117 Å². The van der Waals surface area contributed by atoms with Gasteiger partial charge in [-0.2, -0.15) is 5.26 Å². The molecule has 0 aliphatic heterocycles. The summed E-state index contributed by atoms with van der Waals surface area (Å²) in [6.45, 7) is 4.98. The van der Waals surface area contributed by atoms with Crippen molar-refractivity contribution in [2.75, 3.05) is 10.6 Å². The van der Waals surface area contributed by atoms with Gasteiger partial charge in [0.05, 0.1) is 17.8 Å². The zero-order valence-electron chi connectivity index (χ0n) is 11.0. The molecule has 0 radical (unpaired) electrons. The first-order chi connectivity index (χ1) is 9.11. The smallest absolute Gasteiger partial charge is 0.152 e. The summed E-state index contributed by atoms with van der Waals surface area (Å²) >= 11 is 1.71. The molecule has 0 fully saturated rings. The largest absolute Gasteiger partial charge is 0.396 e. The third-order valence-electron chi connectivity index (χ3n) is 2.83. The number of nitrogen functional groups attached to an aromatic ring is 1. The highest BCUT2D eigenvalue weighted by molar-refractivity contribution is 7.09. The zero-order chi connectivity index (χ0) is 13.8. The van der Waals surface area contributed by atoms with E-state index in [0.717, 1.165) is 12.4 Å². The maximum absolute atomic E-state index is 8.85. The van der Waals surface area contributed by atoms with Crippen LogP contribution in [-0.4, -0.2) is 11.0 Å². The lowest BCUT2D eigenvalue weighted by molar-refractivity contribution is 0.678. The molecule has 0 bridgehead atoms. The fourth-order valence-electron chi connectivity index (χ4n) is 1.85. The number of thiophene rings is 1. The van der Waals surface area contributed by atoms with E-state index in [2.05, 4.69) is 35.2 Å². The number of hydrogen-bond donors (Lipinski definition) is 1. The van der Waals surface area contributed by atoms with E-state index in [1.54, 1.807) is 23.6 Å². The maximum atomic E-state index is 8.85. The normalized spacial score (nSPS) is 10.4. The molecule has 0 atom stereocenters. The second-order valence-corrected chi connectivity index (χ2v) is 5.58. The number of pyridine rings is 1. The van der Waals surface area contributed by atoms with Crippen LogP contribution < -0.4 is 10.6 Å². The van der Waals surface area contributed by atoms with Crippen LogP contribution in [0.2, 0.25) is 0 Å². The first-order valence-corrected chi connectivity index (χ1v) is 6.94. The molecular formula is C14H16N4S. The van der Waals surface area contributed by atoms with E-state index >= 15 is 0 Å². The Balaban J connectivity index is 2.32. The van der Waals surface area contributed by atoms with Crippen molar-refractivity contribution in [3.05, 3.63) is 40.2 Å². The molecule has 19 heavy (non-hydrogen) atoms. The Bertz CT molecular complexity index is 584. The molecule has 2 N–H and O–H groups in total. The number of nitrogens with two attached hydrogens (primary N) is 1. The quantitative estimate of drug-likeness (QED) is 0.929. The SMILES string of the molecule is CC(C)N(Cc1cccs1)c1ncc(C#N)cc1N. The van der Waals surface area contributed by atoms with E-state index in [0.29, 0.717) is 11.3 Å². The molecule has 2 aromatic heterocycles. The van der Waals surface area contributed by atoms with Crippen LogP contribution in [-0.2, 0) is 6.54 Å². The van der Waals surface area contributed by atoms with Crippen LogP contribution >= 0.6 is 11.3 Å². The first kappa shape index (κ1) is 13.4. The maximum Gasteiger partial charge on any atom is 0.152 e. The summed E-state index contributed by atoms with van der Waals surface area (Å²) in [5.41, 5.74) is 7.05. The standard InChI is InChI=1S/C14H16N4S/c1-10(2)18(9-12-4-3-5-19-12)14-13(16)6-11(7-15)8-17-14/h3-6,8,10H,9,16H2,1-2H3. The van der Waals surface area contributed by atoms with Crippen molar-refractivity contribution in [3.8, 4) is 6.07 Å². The van der Waals surface area contributed by atoms with Crippen molar-refractivity contribution in [1.82, 2.24) is 4.98 Å². The van der Waals surface area contributed by atoms with Gasteiger partial charge in [0.25, 0.3) is 0 Å². The molecule has 0 aliphatic rings. The highest BCUT2D eigenvalue weighted by Crippen LogP contribution is 2.26. The van der Waals surface area contributed by atoms with Gasteiger partial charge in [0.1, 0.15) is 6.07 Å². The van der Waals surface area contributed by atoms with Gasteiger partial charge in [0.15, 0.2) is 5.82 Å². The van der Waals surface area contributed by atoms with Crippen LogP contribution in [0, 0.1) is 11.3 Å². The van der Waals surface area contributed by atoms with E-state index in [9.17, 15) is 0 Å². The number of aromatic nitrogens is 1. The fourth-order valence-corrected chi connectivity index (χ4v) is 2.55. The monoisotopic (exact) mass is 272 g/mol. The summed E-state index contributed by atoms with van der Waals surface area (Å²) in [6.07, 6.45) is 1.56. The van der Waals surface area contributed by atoms with Gasteiger partial charge < -0.3 is 10.6 Å². The Morgan fingerprint density at radius 3 is 2.84 bits per heavy atom. The third kappa shape index (κ3) is 3.04. The molecule has 0 amide bonds. The number of anilines is 2. The lowest BCUT2D eigenvalue weighted by atomic mass is 10.2. The number of nitrogens with zero attached hydrogens (tertiary/aromatic N) is 3. The van der Waals surface area contributed by atoms with Crippen molar-refractivity contribution in [3.63, 3.8) is 0 Å². The molecule has 2 aromatic rings. The van der Waals surface area contributed by atoms with Gasteiger partial charge in [-0.05, 0) is 31.4 Å². The highest BCUT2D eigenvalue weighted by atomic mass is 32.1. The van der Waals surface area contributed by atoms with E-state index < -0.39 is 0 Å². The molecule has 0 spiro atoms. The predicted molar refractivity (Wildman–Crippen MR) is 79.0 cm³/mol. The van der Waals surface area contributed by atoms with Gasteiger partial charge in [0.2, 0.25) is 0 Å². The Hall–Kier alpha value is -2.06. The van der Waals surface area contributed by atoms with Gasteiger partial charge in [-0.3, -0.25) is 0 Å². The number of rotatable bonds is 4. The van der Waals surface area contributed by atoms with Crippen LogP contribution in [0.15, 0.2) is 29.8 Å². The van der Waals surface area contributed by atoms with Crippen LogP contribution in [0.1, 0.15) is 24.3 Å². The van der Waals surface area contributed by atoms with Crippen LogP contribution in [0.3, 0.4) is 0 Å². The average molecular weight is 272 g/mol. The summed E-state index contributed by atoms with van der Waals surface area (Å²) in [5, 5.41) is 10.9. The van der Waals surface area contributed by atoms with Crippen LogP contribution in [0.5, 0.6) is 0 Å². The Morgan fingerprint density at radius 1 is 1.53 bits per heavy atom. The van der Waals surface area contributed by atoms with Gasteiger partial charge in [-0.1, -0.05) is 6.07 Å². The molecule has 0 saturated carbocycles. The number of hydrogen-bond acceptors (Lipinski definition) is 5. The van der Waals surface area contributed by atoms with Crippen LogP contribution in [0.4, 0.5) is 11.5 Å². The molecular weight excluding hydrogens is 256 g/mol. The highest BCUT2D eigenvalue weighted by Gasteiger charge is 2.16. The Kier molecular flexibility index (Phi) is 4.03. The lowest BCUT2D eigenvalue weighted by Crippen LogP contribution is -2.31. The van der Waals surface area contributed by atoms with Crippen molar-refractivity contribution in [2.45, 2.75) is 26.4 Å². The average Bonchev–Trinajstić information content (AvgIpc) is 2.89. The van der Waals surface area contributed by atoms with E-state index in [1.807, 2.05) is 12.1 Å². The molecule has 98 valence electrons. The minimum absolute atomic E-state index is 0.282. The second-order valence-electron chi connectivity index (χ2n) is 4.55. The molecule has 4 nitrogen and oxygen atoms in total. The summed E-state index contributed by atoms with van der Waals surface area (Å²) in [6, 6.07) is 8.14. The summed E-state index contributed by atoms with van der Waals surface area (Å²) in [4.78, 5) is 7.74. The second kappa shape index (κ2) is 5.72. The summed E-state index contributed by atoms with van der Waals surface area (Å²) < 4.78 is 0. The lowest BCUT2D eigenvalue weighted by Gasteiger charge is -2.28. The third-order valence-corrected chi connectivity index (χ3v) is 3.69. The van der Waals surface area contributed by atoms with Gasteiger partial charge >= 0.3 is 0 Å². The summed E-state index contributed by atoms with van der Waals surface area (Å²) in [7, 11) is 0. The molecule has 2 heterocycles. The summed E-state index contributed by atoms with van der Waals surface area (Å²) in [5.74, 6) is 0.738. The van der Waals surface area contributed by atoms with Crippen LogP contribution in [0.25, 0.3) is 0 Å². The van der Waals surface area contributed by atoms with Crippen molar-refractivity contribution in [2.24, 2.45) is 0 Å². The molecule has 0 unspecified atom stereocenters. The van der Waals surface area contributed by atoms with Gasteiger partial charge in [0, 0.05) is 17.1 Å². The van der Waals surface area contributed by atoms with Crippen molar-refractivity contribution >= 4 is 22.8 Å². The minimum atomic E-state index is 0.282. The minimum Gasteiger partial charge on any atom is -0.396 e. The molecule has 2 rings (SSSR count). The molecule has 0 aliphatic carbocycles. The van der Waals surface area contributed by atoms with E-state index in [-0.39, 0.29) is 6.04 Å². The molecule has 5 heteroatoms.